The Kier molecular flexibility index (Phi) is 8.02. The molecule has 1 fully saturated rings. The van der Waals surface area contributed by atoms with Gasteiger partial charge in [-0.2, -0.15) is 0 Å². The molecule has 0 aromatic heterocycles. The fraction of sp³-hybridized carbons (Fsp3) is 0.611. The van der Waals surface area contributed by atoms with E-state index in [1.54, 1.807) is 0 Å². The van der Waals surface area contributed by atoms with Crippen LogP contribution in [0, 0.1) is 0 Å². The molecule has 0 saturated carbocycles. The van der Waals surface area contributed by atoms with Gasteiger partial charge in [0.15, 0.2) is 0 Å². The van der Waals surface area contributed by atoms with Crippen molar-refractivity contribution in [3.63, 3.8) is 0 Å². The minimum absolute atomic E-state index is 0.133. The number of nitrogens with zero attached hydrogens (tertiary/aromatic N) is 2. The minimum atomic E-state index is -3.35. The summed E-state index contributed by atoms with van der Waals surface area (Å²) in [6, 6.07) is 7.65. The minimum Gasteiger partial charge on any atom is -0.379 e. The Morgan fingerprint density at radius 1 is 1.23 bits per heavy atom. The van der Waals surface area contributed by atoms with Crippen molar-refractivity contribution < 1.29 is 17.9 Å². The summed E-state index contributed by atoms with van der Waals surface area (Å²) in [7, 11) is -3.35. The van der Waals surface area contributed by atoms with Gasteiger partial charge in [-0.15, -0.1) is 0 Å². The van der Waals surface area contributed by atoms with Crippen LogP contribution >= 0.6 is 0 Å². The Balaban J connectivity index is 1.86. The van der Waals surface area contributed by atoms with Gasteiger partial charge >= 0.3 is 0 Å². The Morgan fingerprint density at radius 2 is 1.92 bits per heavy atom. The average Bonchev–Trinajstić information content (AvgIpc) is 2.62. The summed E-state index contributed by atoms with van der Waals surface area (Å²) in [5.41, 5.74) is 1.85. The van der Waals surface area contributed by atoms with E-state index in [0.29, 0.717) is 26.3 Å². The smallest absolute Gasteiger partial charge is 0.225 e. The fourth-order valence-electron chi connectivity index (χ4n) is 2.91. The van der Waals surface area contributed by atoms with Gasteiger partial charge in [0.1, 0.15) is 0 Å². The van der Waals surface area contributed by atoms with E-state index in [2.05, 4.69) is 10.2 Å². The van der Waals surface area contributed by atoms with Gasteiger partial charge in [-0.1, -0.05) is 25.1 Å². The molecule has 1 heterocycles. The molecule has 0 radical (unpaired) electrons. The van der Waals surface area contributed by atoms with Gasteiger partial charge in [0, 0.05) is 44.8 Å². The van der Waals surface area contributed by atoms with Crippen LogP contribution in [-0.4, -0.2) is 75.7 Å². The van der Waals surface area contributed by atoms with Crippen molar-refractivity contribution in [2.75, 3.05) is 57.5 Å². The second-order valence-corrected chi connectivity index (χ2v) is 8.41. The number of aryl methyl sites for hydroxylation is 1. The second kappa shape index (κ2) is 10.0. The molecular weight excluding hydrogens is 354 g/mol. The molecule has 1 saturated heterocycles. The van der Waals surface area contributed by atoms with Gasteiger partial charge in [-0.05, 0) is 18.1 Å². The van der Waals surface area contributed by atoms with Crippen LogP contribution in [0.1, 0.15) is 18.9 Å². The van der Waals surface area contributed by atoms with E-state index in [9.17, 15) is 13.2 Å². The molecule has 2 rings (SSSR count). The summed E-state index contributed by atoms with van der Waals surface area (Å²) in [6.07, 6.45) is 2.15. The maximum atomic E-state index is 12.3. The third-order valence-electron chi connectivity index (χ3n) is 4.50. The molecule has 1 aliphatic heterocycles. The van der Waals surface area contributed by atoms with Crippen molar-refractivity contribution in [3.8, 4) is 0 Å². The molecule has 1 aromatic rings. The number of morpholine rings is 1. The van der Waals surface area contributed by atoms with Crippen LogP contribution in [0.2, 0.25) is 0 Å². The van der Waals surface area contributed by atoms with E-state index in [4.69, 9.17) is 4.74 Å². The van der Waals surface area contributed by atoms with Crippen molar-refractivity contribution in [3.05, 3.63) is 29.8 Å². The predicted octanol–water partition coefficient (Wildman–Crippen LogP) is 1.17. The lowest BCUT2D eigenvalue weighted by molar-refractivity contribution is -0.116. The van der Waals surface area contributed by atoms with Gasteiger partial charge in [-0.3, -0.25) is 9.69 Å². The van der Waals surface area contributed by atoms with E-state index in [-0.39, 0.29) is 18.9 Å². The highest BCUT2D eigenvalue weighted by atomic mass is 32.2. The molecule has 0 atom stereocenters. The van der Waals surface area contributed by atoms with Crippen LogP contribution in [0.25, 0.3) is 0 Å². The number of para-hydroxylation sites is 1. The van der Waals surface area contributed by atoms with Crippen molar-refractivity contribution in [2.24, 2.45) is 0 Å². The standard InChI is InChI=1S/C18H29N3O4S/c1-3-16-6-4-5-7-17(16)19-18(22)8-9-21(26(2,23)24)11-10-20-12-14-25-15-13-20/h4-7H,3,8-15H2,1-2H3,(H,19,22). The van der Waals surface area contributed by atoms with E-state index in [0.717, 1.165) is 30.8 Å². The van der Waals surface area contributed by atoms with Gasteiger partial charge in [0.2, 0.25) is 15.9 Å². The number of sulfonamides is 1. The maximum Gasteiger partial charge on any atom is 0.225 e. The number of rotatable bonds is 9. The summed E-state index contributed by atoms with van der Waals surface area (Å²) in [5.74, 6) is -0.175. The number of anilines is 1. The highest BCUT2D eigenvalue weighted by Crippen LogP contribution is 2.15. The maximum absolute atomic E-state index is 12.3. The quantitative estimate of drug-likeness (QED) is 0.693. The first-order valence-corrected chi connectivity index (χ1v) is 10.9. The summed E-state index contributed by atoms with van der Waals surface area (Å²) in [5, 5.41) is 2.89. The molecule has 7 nitrogen and oxygen atoms in total. The molecule has 8 heteroatoms. The molecular formula is C18H29N3O4S. The van der Waals surface area contributed by atoms with Crippen LogP contribution in [-0.2, 0) is 26.0 Å². The normalized spacial score (nSPS) is 16.0. The van der Waals surface area contributed by atoms with Crippen LogP contribution in [0.15, 0.2) is 24.3 Å². The third-order valence-corrected chi connectivity index (χ3v) is 5.80. The van der Waals surface area contributed by atoms with E-state index >= 15 is 0 Å². The average molecular weight is 384 g/mol. The first-order valence-electron chi connectivity index (χ1n) is 9.03. The van der Waals surface area contributed by atoms with Crippen molar-refractivity contribution in [1.29, 1.82) is 0 Å². The van der Waals surface area contributed by atoms with Crippen molar-refractivity contribution in [1.82, 2.24) is 9.21 Å². The molecule has 1 amide bonds. The number of ether oxygens (including phenoxy) is 1. The van der Waals surface area contributed by atoms with Crippen LogP contribution in [0.3, 0.4) is 0 Å². The SMILES string of the molecule is CCc1ccccc1NC(=O)CCN(CCN1CCOCC1)S(C)(=O)=O. The molecule has 0 unspecified atom stereocenters. The monoisotopic (exact) mass is 383 g/mol. The first-order chi connectivity index (χ1) is 12.4. The van der Waals surface area contributed by atoms with Crippen molar-refractivity contribution >= 4 is 21.6 Å². The van der Waals surface area contributed by atoms with Gasteiger partial charge in [0.25, 0.3) is 0 Å². The Hall–Kier alpha value is -1.48. The number of carbonyl (C=O) groups excluding carboxylic acids is 1. The number of hydrogen-bond acceptors (Lipinski definition) is 5. The molecule has 0 aliphatic carbocycles. The highest BCUT2D eigenvalue weighted by Gasteiger charge is 2.20. The van der Waals surface area contributed by atoms with E-state index < -0.39 is 10.0 Å². The molecule has 146 valence electrons. The Bertz CT molecular complexity index is 687. The number of benzene rings is 1. The van der Waals surface area contributed by atoms with Crippen LogP contribution in [0.5, 0.6) is 0 Å². The number of carbonyl (C=O) groups is 1. The zero-order chi connectivity index (χ0) is 19.0. The van der Waals surface area contributed by atoms with Gasteiger partial charge < -0.3 is 10.1 Å². The van der Waals surface area contributed by atoms with Crippen LogP contribution in [0.4, 0.5) is 5.69 Å². The summed E-state index contributed by atoms with van der Waals surface area (Å²) < 4.78 is 30.7. The zero-order valence-corrected chi connectivity index (χ0v) is 16.4. The number of hydrogen-bond donors (Lipinski definition) is 1. The third kappa shape index (κ3) is 6.68. The molecule has 26 heavy (non-hydrogen) atoms. The lowest BCUT2D eigenvalue weighted by Gasteiger charge is -2.29. The number of nitrogens with one attached hydrogen (secondary N) is 1. The summed E-state index contributed by atoms with van der Waals surface area (Å²) in [4.78, 5) is 14.4. The molecule has 1 N–H and O–H groups in total. The summed E-state index contributed by atoms with van der Waals surface area (Å²) in [6.45, 7) is 6.23. The lowest BCUT2D eigenvalue weighted by Crippen LogP contribution is -2.43. The second-order valence-electron chi connectivity index (χ2n) is 6.42. The molecule has 1 aromatic carbocycles. The summed E-state index contributed by atoms with van der Waals surface area (Å²) >= 11 is 0. The Labute approximate surface area is 156 Å². The largest absolute Gasteiger partial charge is 0.379 e. The zero-order valence-electron chi connectivity index (χ0n) is 15.6. The first kappa shape index (κ1) is 20.8. The Morgan fingerprint density at radius 3 is 2.58 bits per heavy atom. The lowest BCUT2D eigenvalue weighted by atomic mass is 10.1. The number of amides is 1. The molecule has 0 spiro atoms. The van der Waals surface area contributed by atoms with Crippen LogP contribution < -0.4 is 5.32 Å². The topological polar surface area (TPSA) is 79.0 Å². The van der Waals surface area contributed by atoms with Gasteiger partial charge in [0.05, 0.1) is 19.5 Å². The van der Waals surface area contributed by atoms with Crippen molar-refractivity contribution in [2.45, 2.75) is 19.8 Å². The molecule has 1 aliphatic rings. The fourth-order valence-corrected chi connectivity index (χ4v) is 3.75. The molecule has 0 bridgehead atoms. The predicted molar refractivity (Wildman–Crippen MR) is 103 cm³/mol. The highest BCUT2D eigenvalue weighted by molar-refractivity contribution is 7.88. The van der Waals surface area contributed by atoms with E-state index in [1.165, 1.54) is 10.6 Å². The van der Waals surface area contributed by atoms with E-state index in [1.807, 2.05) is 31.2 Å². The van der Waals surface area contributed by atoms with Gasteiger partial charge in [-0.25, -0.2) is 12.7 Å².